The smallest absolute Gasteiger partial charge is 0.254 e. The Morgan fingerprint density at radius 2 is 2.22 bits per heavy atom. The quantitative estimate of drug-likeness (QED) is 0.818. The molecule has 100 valence electrons. The first-order valence-corrected chi connectivity index (χ1v) is 6.26. The van der Waals surface area contributed by atoms with Crippen molar-refractivity contribution in [3.8, 4) is 0 Å². The summed E-state index contributed by atoms with van der Waals surface area (Å²) in [6.45, 7) is 7.03. The second-order valence-corrected chi connectivity index (χ2v) is 4.27. The number of hydrogen-bond donors (Lipinski definition) is 2. The molecule has 5 heteroatoms. The van der Waals surface area contributed by atoms with Gasteiger partial charge in [-0.3, -0.25) is 4.79 Å². The molecule has 1 amide bonds. The summed E-state index contributed by atoms with van der Waals surface area (Å²) in [4.78, 5) is 15.7. The number of pyridine rings is 1. The van der Waals surface area contributed by atoms with Gasteiger partial charge in [-0.25, -0.2) is 9.37 Å². The van der Waals surface area contributed by atoms with E-state index in [-0.39, 0.29) is 11.4 Å². The van der Waals surface area contributed by atoms with Crippen molar-refractivity contribution in [2.24, 2.45) is 5.92 Å². The summed E-state index contributed by atoms with van der Waals surface area (Å²) < 4.78 is 13.9. The van der Waals surface area contributed by atoms with E-state index in [0.29, 0.717) is 19.0 Å². The average molecular weight is 253 g/mol. The second kappa shape index (κ2) is 6.93. The summed E-state index contributed by atoms with van der Waals surface area (Å²) in [5.74, 6) is -0.490. The lowest BCUT2D eigenvalue weighted by Crippen LogP contribution is -2.29. The van der Waals surface area contributed by atoms with Gasteiger partial charge in [-0.15, -0.1) is 0 Å². The Morgan fingerprint density at radius 1 is 1.50 bits per heavy atom. The Balaban J connectivity index is 2.76. The number of rotatable bonds is 6. The van der Waals surface area contributed by atoms with Crippen LogP contribution in [0.5, 0.6) is 0 Å². The van der Waals surface area contributed by atoms with E-state index in [1.165, 1.54) is 12.3 Å². The fourth-order valence-corrected chi connectivity index (χ4v) is 1.42. The SMILES string of the molecule is CCNc1nccc(C(=O)NCC(C)CC)c1F. The summed E-state index contributed by atoms with van der Waals surface area (Å²) in [5.41, 5.74) is 0.0317. The molecule has 4 nitrogen and oxygen atoms in total. The van der Waals surface area contributed by atoms with E-state index in [1.807, 2.05) is 20.8 Å². The standard InChI is InChI=1S/C13H20FN3O/c1-4-9(3)8-17-13(18)10-6-7-16-12(11(10)14)15-5-2/h6-7,9H,4-5,8H2,1-3H3,(H,15,16)(H,17,18). The third-order valence-electron chi connectivity index (χ3n) is 2.79. The second-order valence-electron chi connectivity index (χ2n) is 4.27. The van der Waals surface area contributed by atoms with Gasteiger partial charge < -0.3 is 10.6 Å². The van der Waals surface area contributed by atoms with E-state index < -0.39 is 11.7 Å². The molecule has 0 fully saturated rings. The van der Waals surface area contributed by atoms with Gasteiger partial charge >= 0.3 is 0 Å². The van der Waals surface area contributed by atoms with E-state index in [2.05, 4.69) is 15.6 Å². The van der Waals surface area contributed by atoms with Crippen LogP contribution in [-0.4, -0.2) is 24.0 Å². The van der Waals surface area contributed by atoms with Gasteiger partial charge in [0.25, 0.3) is 5.91 Å². The van der Waals surface area contributed by atoms with Crippen molar-refractivity contribution < 1.29 is 9.18 Å². The monoisotopic (exact) mass is 253 g/mol. The zero-order valence-corrected chi connectivity index (χ0v) is 11.1. The van der Waals surface area contributed by atoms with Gasteiger partial charge in [0.2, 0.25) is 0 Å². The summed E-state index contributed by atoms with van der Waals surface area (Å²) in [5, 5.41) is 5.51. The highest BCUT2D eigenvalue weighted by atomic mass is 19.1. The maximum atomic E-state index is 13.9. The summed E-state index contributed by atoms with van der Waals surface area (Å²) in [6, 6.07) is 1.39. The Bertz CT molecular complexity index is 409. The van der Waals surface area contributed by atoms with Crippen LogP contribution in [0.3, 0.4) is 0 Å². The van der Waals surface area contributed by atoms with Gasteiger partial charge in [-0.05, 0) is 18.9 Å². The normalized spacial score (nSPS) is 12.0. The molecule has 0 aliphatic rings. The van der Waals surface area contributed by atoms with Gasteiger partial charge in [-0.2, -0.15) is 0 Å². The van der Waals surface area contributed by atoms with Crippen LogP contribution < -0.4 is 10.6 Å². The number of anilines is 1. The molecule has 0 aliphatic carbocycles. The lowest BCUT2D eigenvalue weighted by molar-refractivity contribution is 0.0943. The van der Waals surface area contributed by atoms with Crippen LogP contribution in [0.2, 0.25) is 0 Å². The number of carbonyl (C=O) groups is 1. The zero-order valence-electron chi connectivity index (χ0n) is 11.1. The van der Waals surface area contributed by atoms with Crippen LogP contribution in [0.4, 0.5) is 10.2 Å². The Hall–Kier alpha value is -1.65. The molecule has 0 spiro atoms. The highest BCUT2D eigenvalue weighted by molar-refractivity contribution is 5.95. The van der Waals surface area contributed by atoms with E-state index in [1.54, 1.807) is 0 Å². The lowest BCUT2D eigenvalue weighted by Gasteiger charge is -2.11. The van der Waals surface area contributed by atoms with Crippen molar-refractivity contribution in [1.29, 1.82) is 0 Å². The maximum absolute atomic E-state index is 13.9. The molecular weight excluding hydrogens is 233 g/mol. The van der Waals surface area contributed by atoms with Gasteiger partial charge in [0.05, 0.1) is 5.56 Å². The molecule has 0 aromatic carbocycles. The van der Waals surface area contributed by atoms with E-state index in [0.717, 1.165) is 6.42 Å². The molecule has 2 N–H and O–H groups in total. The molecule has 0 radical (unpaired) electrons. The Kier molecular flexibility index (Phi) is 5.55. The first-order chi connectivity index (χ1) is 8.60. The number of carbonyl (C=O) groups excluding carboxylic acids is 1. The Labute approximate surface area is 107 Å². The molecule has 1 heterocycles. The minimum Gasteiger partial charge on any atom is -0.368 e. The third kappa shape index (κ3) is 3.68. The molecule has 1 aromatic rings. The third-order valence-corrected chi connectivity index (χ3v) is 2.79. The largest absolute Gasteiger partial charge is 0.368 e. The van der Waals surface area contributed by atoms with Gasteiger partial charge in [0.1, 0.15) is 0 Å². The lowest BCUT2D eigenvalue weighted by atomic mass is 10.1. The predicted molar refractivity (Wildman–Crippen MR) is 70.1 cm³/mol. The van der Waals surface area contributed by atoms with Crippen LogP contribution in [0.15, 0.2) is 12.3 Å². The molecule has 1 unspecified atom stereocenters. The minimum absolute atomic E-state index is 0.0317. The fourth-order valence-electron chi connectivity index (χ4n) is 1.42. The first-order valence-electron chi connectivity index (χ1n) is 6.26. The minimum atomic E-state index is -0.596. The highest BCUT2D eigenvalue weighted by Gasteiger charge is 2.15. The number of hydrogen-bond acceptors (Lipinski definition) is 3. The first kappa shape index (κ1) is 14.4. The van der Waals surface area contributed by atoms with Crippen molar-refractivity contribution >= 4 is 11.7 Å². The summed E-state index contributed by atoms with van der Waals surface area (Å²) in [7, 11) is 0. The van der Waals surface area contributed by atoms with Gasteiger partial charge in [0.15, 0.2) is 11.6 Å². The molecule has 1 rings (SSSR count). The molecule has 0 aliphatic heterocycles. The summed E-state index contributed by atoms with van der Waals surface area (Å²) in [6.07, 6.45) is 2.40. The Morgan fingerprint density at radius 3 is 2.83 bits per heavy atom. The molecule has 1 atom stereocenters. The van der Waals surface area contributed by atoms with Crippen molar-refractivity contribution in [3.63, 3.8) is 0 Å². The fraction of sp³-hybridized carbons (Fsp3) is 0.538. The van der Waals surface area contributed by atoms with E-state index in [9.17, 15) is 9.18 Å². The number of nitrogens with zero attached hydrogens (tertiary/aromatic N) is 1. The number of amides is 1. The predicted octanol–water partition coefficient (Wildman–Crippen LogP) is 2.43. The maximum Gasteiger partial charge on any atom is 0.254 e. The van der Waals surface area contributed by atoms with Gasteiger partial charge in [0, 0.05) is 19.3 Å². The number of nitrogens with one attached hydrogen (secondary N) is 2. The number of halogens is 1. The molecular formula is C13H20FN3O. The van der Waals surface area contributed by atoms with Crippen molar-refractivity contribution in [2.75, 3.05) is 18.4 Å². The molecule has 1 aromatic heterocycles. The van der Waals surface area contributed by atoms with Crippen LogP contribution in [-0.2, 0) is 0 Å². The molecule has 18 heavy (non-hydrogen) atoms. The van der Waals surface area contributed by atoms with Crippen LogP contribution >= 0.6 is 0 Å². The van der Waals surface area contributed by atoms with Gasteiger partial charge in [-0.1, -0.05) is 20.3 Å². The van der Waals surface area contributed by atoms with Crippen LogP contribution in [0.1, 0.15) is 37.6 Å². The highest BCUT2D eigenvalue weighted by Crippen LogP contribution is 2.14. The van der Waals surface area contributed by atoms with E-state index in [4.69, 9.17) is 0 Å². The van der Waals surface area contributed by atoms with Crippen molar-refractivity contribution in [2.45, 2.75) is 27.2 Å². The topological polar surface area (TPSA) is 54.0 Å². The van der Waals surface area contributed by atoms with Crippen LogP contribution in [0.25, 0.3) is 0 Å². The van der Waals surface area contributed by atoms with Crippen molar-refractivity contribution in [1.82, 2.24) is 10.3 Å². The van der Waals surface area contributed by atoms with E-state index >= 15 is 0 Å². The molecule has 0 saturated heterocycles. The molecule has 0 bridgehead atoms. The van der Waals surface area contributed by atoms with Crippen molar-refractivity contribution in [3.05, 3.63) is 23.6 Å². The number of aromatic nitrogens is 1. The average Bonchev–Trinajstić information content (AvgIpc) is 2.38. The zero-order chi connectivity index (χ0) is 13.5. The summed E-state index contributed by atoms with van der Waals surface area (Å²) >= 11 is 0. The molecule has 0 saturated carbocycles. The van der Waals surface area contributed by atoms with Crippen LogP contribution in [0, 0.1) is 11.7 Å².